The highest BCUT2D eigenvalue weighted by molar-refractivity contribution is 7.19. The average molecular weight is 366 g/mol. The first-order valence-corrected chi connectivity index (χ1v) is 9.87. The van der Waals surface area contributed by atoms with Crippen molar-refractivity contribution >= 4 is 33.5 Å². The SMILES string of the molecule is CN=Cc1cc(-c2ccc3cc(C(O)C4CCCC4)sc3c2)cnc1N. The van der Waals surface area contributed by atoms with Gasteiger partial charge >= 0.3 is 0 Å². The van der Waals surface area contributed by atoms with Gasteiger partial charge in [0.2, 0.25) is 0 Å². The molecule has 0 bridgehead atoms. The van der Waals surface area contributed by atoms with E-state index in [1.165, 1.54) is 22.9 Å². The first kappa shape index (κ1) is 17.2. The van der Waals surface area contributed by atoms with Gasteiger partial charge in [-0.3, -0.25) is 4.99 Å². The standard InChI is InChI=1S/C21H23N3OS/c1-23-11-17-8-16(12-24-21(17)22)14-6-7-15-10-19(26-18(15)9-14)20(25)13-4-2-3-5-13/h6-13,20,25H,2-5H2,1H3,(H2,22,24). The van der Waals surface area contributed by atoms with Crippen LogP contribution in [0.15, 0.2) is 41.5 Å². The van der Waals surface area contributed by atoms with Gasteiger partial charge in [0.1, 0.15) is 5.82 Å². The highest BCUT2D eigenvalue weighted by atomic mass is 32.1. The molecule has 5 heteroatoms. The summed E-state index contributed by atoms with van der Waals surface area (Å²) in [6.45, 7) is 0. The van der Waals surface area contributed by atoms with Crippen molar-refractivity contribution in [2.45, 2.75) is 31.8 Å². The molecule has 3 aromatic rings. The summed E-state index contributed by atoms with van der Waals surface area (Å²) < 4.78 is 1.19. The largest absolute Gasteiger partial charge is 0.387 e. The lowest BCUT2D eigenvalue weighted by molar-refractivity contribution is 0.115. The third-order valence-corrected chi connectivity index (χ3v) is 6.40. The quantitative estimate of drug-likeness (QED) is 0.651. The van der Waals surface area contributed by atoms with Gasteiger partial charge in [-0.1, -0.05) is 25.0 Å². The number of pyridine rings is 1. The van der Waals surface area contributed by atoms with E-state index in [1.807, 2.05) is 6.07 Å². The highest BCUT2D eigenvalue weighted by Crippen LogP contribution is 2.40. The molecule has 1 unspecified atom stereocenters. The zero-order valence-electron chi connectivity index (χ0n) is 14.9. The fourth-order valence-corrected chi connectivity index (χ4v) is 4.96. The molecule has 1 fully saturated rings. The van der Waals surface area contributed by atoms with E-state index >= 15 is 0 Å². The van der Waals surface area contributed by atoms with E-state index in [1.54, 1.807) is 30.8 Å². The molecule has 0 aliphatic heterocycles. The number of aromatic nitrogens is 1. The maximum Gasteiger partial charge on any atom is 0.132 e. The topological polar surface area (TPSA) is 71.5 Å². The molecule has 1 atom stereocenters. The fraction of sp³-hybridized carbons (Fsp3) is 0.333. The van der Waals surface area contributed by atoms with Crippen molar-refractivity contribution in [1.82, 2.24) is 4.98 Å². The molecule has 2 aromatic heterocycles. The third kappa shape index (κ3) is 3.24. The molecular weight excluding hydrogens is 342 g/mol. The normalized spacial score (nSPS) is 16.7. The van der Waals surface area contributed by atoms with E-state index < -0.39 is 0 Å². The summed E-state index contributed by atoms with van der Waals surface area (Å²) in [5.41, 5.74) is 8.85. The van der Waals surface area contributed by atoms with Gasteiger partial charge in [-0.15, -0.1) is 11.3 Å². The number of benzene rings is 1. The van der Waals surface area contributed by atoms with Crippen molar-refractivity contribution in [3.63, 3.8) is 0 Å². The van der Waals surface area contributed by atoms with E-state index in [0.29, 0.717) is 11.7 Å². The molecule has 4 nitrogen and oxygen atoms in total. The second-order valence-electron chi connectivity index (χ2n) is 6.98. The second kappa shape index (κ2) is 7.17. The number of aliphatic hydroxyl groups excluding tert-OH is 1. The van der Waals surface area contributed by atoms with Crippen LogP contribution in [-0.4, -0.2) is 23.4 Å². The van der Waals surface area contributed by atoms with Crippen LogP contribution >= 0.6 is 11.3 Å². The Morgan fingerprint density at radius 2 is 2.04 bits per heavy atom. The molecule has 1 aliphatic carbocycles. The average Bonchev–Trinajstić information content (AvgIpc) is 3.32. The van der Waals surface area contributed by atoms with Crippen molar-refractivity contribution in [1.29, 1.82) is 0 Å². The minimum absolute atomic E-state index is 0.330. The Hall–Kier alpha value is -2.24. The summed E-state index contributed by atoms with van der Waals surface area (Å²) in [5.74, 6) is 0.901. The monoisotopic (exact) mass is 365 g/mol. The minimum atomic E-state index is -0.330. The Labute approximate surface area is 157 Å². The van der Waals surface area contributed by atoms with E-state index in [0.717, 1.165) is 34.4 Å². The van der Waals surface area contributed by atoms with Crippen LogP contribution in [0.2, 0.25) is 0 Å². The van der Waals surface area contributed by atoms with E-state index in [4.69, 9.17) is 5.73 Å². The zero-order chi connectivity index (χ0) is 18.1. The van der Waals surface area contributed by atoms with Crippen molar-refractivity contribution < 1.29 is 5.11 Å². The third-order valence-electron chi connectivity index (χ3n) is 5.23. The number of thiophene rings is 1. The van der Waals surface area contributed by atoms with Crippen LogP contribution in [0.5, 0.6) is 0 Å². The van der Waals surface area contributed by atoms with Crippen molar-refractivity contribution in [2.24, 2.45) is 10.9 Å². The lowest BCUT2D eigenvalue weighted by Gasteiger charge is -2.15. The highest BCUT2D eigenvalue weighted by Gasteiger charge is 2.25. The molecule has 0 spiro atoms. The number of aliphatic imine (C=N–C) groups is 1. The Bertz CT molecular complexity index is 957. The molecule has 2 heterocycles. The first-order chi connectivity index (χ1) is 12.7. The second-order valence-corrected chi connectivity index (χ2v) is 8.09. The first-order valence-electron chi connectivity index (χ1n) is 9.05. The van der Waals surface area contributed by atoms with E-state index in [2.05, 4.69) is 34.2 Å². The molecular formula is C21H23N3OS. The van der Waals surface area contributed by atoms with Gasteiger partial charge in [0.05, 0.1) is 6.10 Å². The molecule has 26 heavy (non-hydrogen) atoms. The smallest absolute Gasteiger partial charge is 0.132 e. The van der Waals surface area contributed by atoms with Crippen LogP contribution in [0, 0.1) is 5.92 Å². The molecule has 3 N–H and O–H groups in total. The number of fused-ring (bicyclic) bond motifs is 1. The number of aliphatic hydroxyl groups is 1. The number of anilines is 1. The summed E-state index contributed by atoms with van der Waals surface area (Å²) in [6.07, 6.45) is 7.95. The number of rotatable bonds is 4. The predicted octanol–water partition coefficient (Wildman–Crippen LogP) is 4.82. The Kier molecular flexibility index (Phi) is 4.74. The maximum absolute atomic E-state index is 10.7. The van der Waals surface area contributed by atoms with Gasteiger partial charge in [-0.05, 0) is 47.9 Å². The summed E-state index contributed by atoms with van der Waals surface area (Å²) in [6, 6.07) is 10.5. The van der Waals surface area contributed by atoms with Gasteiger partial charge in [-0.2, -0.15) is 0 Å². The zero-order valence-corrected chi connectivity index (χ0v) is 15.7. The number of nitrogens with two attached hydrogens (primary N) is 1. The molecule has 134 valence electrons. The lowest BCUT2D eigenvalue weighted by atomic mass is 9.99. The van der Waals surface area contributed by atoms with Crippen LogP contribution in [0.4, 0.5) is 5.82 Å². The number of nitrogen functional groups attached to an aromatic ring is 1. The van der Waals surface area contributed by atoms with Crippen LogP contribution in [0.3, 0.4) is 0 Å². The van der Waals surface area contributed by atoms with Crippen LogP contribution in [-0.2, 0) is 0 Å². The van der Waals surface area contributed by atoms with Crippen LogP contribution < -0.4 is 5.73 Å². The minimum Gasteiger partial charge on any atom is -0.387 e. The summed E-state index contributed by atoms with van der Waals surface area (Å²) in [7, 11) is 1.72. The Morgan fingerprint density at radius 3 is 2.81 bits per heavy atom. The maximum atomic E-state index is 10.7. The molecule has 1 saturated carbocycles. The number of nitrogens with zero attached hydrogens (tertiary/aromatic N) is 2. The van der Waals surface area contributed by atoms with Gasteiger partial charge in [0.15, 0.2) is 0 Å². The Balaban J connectivity index is 1.68. The summed E-state index contributed by atoms with van der Waals surface area (Å²) >= 11 is 1.70. The summed E-state index contributed by atoms with van der Waals surface area (Å²) in [4.78, 5) is 9.41. The fourth-order valence-electron chi connectivity index (χ4n) is 3.78. The van der Waals surface area contributed by atoms with Crippen molar-refractivity contribution in [3.8, 4) is 11.1 Å². The number of hydrogen-bond acceptors (Lipinski definition) is 5. The molecule has 1 aromatic carbocycles. The van der Waals surface area contributed by atoms with Gasteiger partial charge in [-0.25, -0.2) is 4.98 Å². The molecule has 1 aliphatic rings. The van der Waals surface area contributed by atoms with Crippen molar-refractivity contribution in [2.75, 3.05) is 12.8 Å². The Morgan fingerprint density at radius 1 is 1.23 bits per heavy atom. The van der Waals surface area contributed by atoms with Crippen LogP contribution in [0.1, 0.15) is 42.2 Å². The predicted molar refractivity (Wildman–Crippen MR) is 110 cm³/mol. The van der Waals surface area contributed by atoms with Crippen LogP contribution in [0.25, 0.3) is 21.2 Å². The lowest BCUT2D eigenvalue weighted by Crippen LogP contribution is -2.06. The van der Waals surface area contributed by atoms with E-state index in [9.17, 15) is 5.11 Å². The van der Waals surface area contributed by atoms with Gasteiger partial charge in [0, 0.05) is 40.2 Å². The van der Waals surface area contributed by atoms with Gasteiger partial charge in [0.25, 0.3) is 0 Å². The van der Waals surface area contributed by atoms with Gasteiger partial charge < -0.3 is 10.8 Å². The molecule has 0 radical (unpaired) electrons. The summed E-state index contributed by atoms with van der Waals surface area (Å²) in [5, 5.41) is 11.9. The van der Waals surface area contributed by atoms with Crippen molar-refractivity contribution in [3.05, 3.63) is 47.0 Å². The number of hydrogen-bond donors (Lipinski definition) is 2. The van der Waals surface area contributed by atoms with E-state index in [-0.39, 0.29) is 6.10 Å². The molecule has 0 saturated heterocycles. The molecule has 4 rings (SSSR count). The molecule has 0 amide bonds.